The average Bonchev–Trinajstić information content (AvgIpc) is 3.25. The second kappa shape index (κ2) is 11.2. The second-order valence-electron chi connectivity index (χ2n) is 8.26. The standard InChI is InChI=1S/C28H29N3O4/c1-35-22-12-10-19(11-13-22)27-24(23-8-2-3-9-25(23)31-27)14-15-26(33)29-16-5-17-30-28(34)20-6-4-7-21(32)18-20/h2-4,6-13,18,31-32H,5,14-17H2,1H3,(H,29,33)(H,30,34). The molecule has 0 aliphatic rings. The molecule has 2 amide bonds. The molecule has 7 nitrogen and oxygen atoms in total. The fourth-order valence-corrected chi connectivity index (χ4v) is 4.06. The second-order valence-corrected chi connectivity index (χ2v) is 8.26. The molecule has 7 heteroatoms. The molecule has 1 aromatic heterocycles. The van der Waals surface area contributed by atoms with E-state index in [4.69, 9.17) is 4.74 Å². The Morgan fingerprint density at radius 1 is 0.943 bits per heavy atom. The van der Waals surface area contributed by atoms with Gasteiger partial charge >= 0.3 is 0 Å². The van der Waals surface area contributed by atoms with Crippen LogP contribution in [0.3, 0.4) is 0 Å². The molecule has 0 atom stereocenters. The van der Waals surface area contributed by atoms with Gasteiger partial charge in [0.25, 0.3) is 5.91 Å². The van der Waals surface area contributed by atoms with Gasteiger partial charge in [0.1, 0.15) is 11.5 Å². The third-order valence-corrected chi connectivity index (χ3v) is 5.86. The minimum absolute atomic E-state index is 0.0322. The predicted octanol–water partition coefficient (Wildman–Crippen LogP) is 4.42. The van der Waals surface area contributed by atoms with Gasteiger partial charge in [0, 0.05) is 41.7 Å². The molecule has 180 valence electrons. The number of hydrogen-bond acceptors (Lipinski definition) is 4. The molecule has 35 heavy (non-hydrogen) atoms. The fourth-order valence-electron chi connectivity index (χ4n) is 4.06. The van der Waals surface area contributed by atoms with Gasteiger partial charge in [-0.25, -0.2) is 0 Å². The maximum atomic E-state index is 12.5. The van der Waals surface area contributed by atoms with Crippen LogP contribution in [0, 0.1) is 0 Å². The molecule has 0 saturated heterocycles. The smallest absolute Gasteiger partial charge is 0.251 e. The SMILES string of the molecule is COc1ccc(-c2[nH]c3ccccc3c2CCC(=O)NCCCNC(=O)c2cccc(O)c2)cc1. The van der Waals surface area contributed by atoms with Crippen molar-refractivity contribution < 1.29 is 19.4 Å². The number of methoxy groups -OCH3 is 1. The van der Waals surface area contributed by atoms with Crippen LogP contribution >= 0.6 is 0 Å². The first-order valence-electron chi connectivity index (χ1n) is 11.6. The van der Waals surface area contributed by atoms with Gasteiger partial charge < -0.3 is 25.5 Å². The predicted molar refractivity (Wildman–Crippen MR) is 137 cm³/mol. The Hall–Kier alpha value is -4.26. The summed E-state index contributed by atoms with van der Waals surface area (Å²) in [6.07, 6.45) is 1.58. The lowest BCUT2D eigenvalue weighted by molar-refractivity contribution is -0.121. The lowest BCUT2D eigenvalue weighted by Crippen LogP contribution is -2.30. The van der Waals surface area contributed by atoms with E-state index in [2.05, 4.69) is 21.7 Å². The number of para-hydroxylation sites is 1. The summed E-state index contributed by atoms with van der Waals surface area (Å²) >= 11 is 0. The van der Waals surface area contributed by atoms with Crippen molar-refractivity contribution in [3.8, 4) is 22.8 Å². The van der Waals surface area contributed by atoms with E-state index in [1.807, 2.05) is 42.5 Å². The van der Waals surface area contributed by atoms with Crippen LogP contribution in [0.25, 0.3) is 22.2 Å². The molecule has 1 heterocycles. The highest BCUT2D eigenvalue weighted by atomic mass is 16.5. The zero-order valence-electron chi connectivity index (χ0n) is 19.6. The van der Waals surface area contributed by atoms with Crippen molar-refractivity contribution in [1.82, 2.24) is 15.6 Å². The maximum absolute atomic E-state index is 12.5. The molecule has 4 rings (SSSR count). The first kappa shape index (κ1) is 23.9. The van der Waals surface area contributed by atoms with Crippen LogP contribution in [-0.2, 0) is 11.2 Å². The Morgan fingerprint density at radius 2 is 1.71 bits per heavy atom. The van der Waals surface area contributed by atoms with Crippen LogP contribution in [0.4, 0.5) is 0 Å². The number of aryl methyl sites for hydroxylation is 1. The van der Waals surface area contributed by atoms with Gasteiger partial charge in [-0.1, -0.05) is 24.3 Å². The van der Waals surface area contributed by atoms with E-state index in [9.17, 15) is 14.7 Å². The van der Waals surface area contributed by atoms with Crippen LogP contribution in [0.1, 0.15) is 28.8 Å². The summed E-state index contributed by atoms with van der Waals surface area (Å²) in [6, 6.07) is 22.2. The highest BCUT2D eigenvalue weighted by molar-refractivity contribution is 5.94. The summed E-state index contributed by atoms with van der Waals surface area (Å²) in [5, 5.41) is 16.3. The molecular formula is C28H29N3O4. The normalized spacial score (nSPS) is 10.8. The molecule has 0 aliphatic carbocycles. The Balaban J connectivity index is 1.30. The van der Waals surface area contributed by atoms with Gasteiger partial charge in [-0.05, 0) is 72.5 Å². The number of rotatable bonds is 10. The molecule has 3 aromatic carbocycles. The van der Waals surface area contributed by atoms with E-state index in [1.54, 1.807) is 19.2 Å². The molecule has 0 saturated carbocycles. The summed E-state index contributed by atoms with van der Waals surface area (Å²) in [7, 11) is 1.64. The molecule has 4 N–H and O–H groups in total. The number of fused-ring (bicyclic) bond motifs is 1. The fraction of sp³-hybridized carbons (Fsp3) is 0.214. The van der Waals surface area contributed by atoms with Crippen molar-refractivity contribution in [1.29, 1.82) is 0 Å². The molecule has 0 aliphatic heterocycles. The van der Waals surface area contributed by atoms with Crippen LogP contribution < -0.4 is 15.4 Å². The molecule has 0 radical (unpaired) electrons. The molecule has 0 fully saturated rings. The van der Waals surface area contributed by atoms with Crippen molar-refractivity contribution in [2.75, 3.05) is 20.2 Å². The zero-order valence-corrected chi connectivity index (χ0v) is 19.6. The number of ether oxygens (including phenoxy) is 1. The van der Waals surface area contributed by atoms with Crippen LogP contribution in [-0.4, -0.2) is 42.1 Å². The monoisotopic (exact) mass is 471 g/mol. The van der Waals surface area contributed by atoms with Crippen molar-refractivity contribution in [3.63, 3.8) is 0 Å². The van der Waals surface area contributed by atoms with Gasteiger partial charge in [0.2, 0.25) is 5.91 Å². The van der Waals surface area contributed by atoms with E-state index in [-0.39, 0.29) is 17.6 Å². The van der Waals surface area contributed by atoms with Crippen molar-refractivity contribution >= 4 is 22.7 Å². The summed E-state index contributed by atoms with van der Waals surface area (Å²) in [5.41, 5.74) is 4.60. The summed E-state index contributed by atoms with van der Waals surface area (Å²) in [5.74, 6) is 0.562. The van der Waals surface area contributed by atoms with E-state index >= 15 is 0 Å². The van der Waals surface area contributed by atoms with Crippen LogP contribution in [0.15, 0.2) is 72.8 Å². The van der Waals surface area contributed by atoms with Gasteiger partial charge in [0.15, 0.2) is 0 Å². The Morgan fingerprint density at radius 3 is 2.49 bits per heavy atom. The molecule has 0 unspecified atom stereocenters. The number of amides is 2. The van der Waals surface area contributed by atoms with Gasteiger partial charge in [-0.2, -0.15) is 0 Å². The third-order valence-electron chi connectivity index (χ3n) is 5.86. The zero-order chi connectivity index (χ0) is 24.6. The Labute approximate surface area is 204 Å². The van der Waals surface area contributed by atoms with E-state index in [1.165, 1.54) is 12.1 Å². The van der Waals surface area contributed by atoms with E-state index in [0.717, 1.165) is 33.5 Å². The number of aromatic nitrogens is 1. The number of aromatic hydroxyl groups is 1. The van der Waals surface area contributed by atoms with Crippen molar-refractivity contribution in [3.05, 3.63) is 83.9 Å². The van der Waals surface area contributed by atoms with E-state index < -0.39 is 0 Å². The van der Waals surface area contributed by atoms with Crippen molar-refractivity contribution in [2.45, 2.75) is 19.3 Å². The Kier molecular flexibility index (Phi) is 7.67. The lowest BCUT2D eigenvalue weighted by atomic mass is 10.0. The molecule has 4 aromatic rings. The number of phenolic OH excluding ortho intramolecular Hbond substituents is 1. The first-order chi connectivity index (χ1) is 17.0. The van der Waals surface area contributed by atoms with E-state index in [0.29, 0.717) is 37.9 Å². The molecule has 0 bridgehead atoms. The summed E-state index contributed by atoms with van der Waals surface area (Å²) in [4.78, 5) is 28.1. The number of carbonyl (C=O) groups excluding carboxylic acids is 2. The van der Waals surface area contributed by atoms with Gasteiger partial charge in [-0.15, -0.1) is 0 Å². The topological polar surface area (TPSA) is 103 Å². The van der Waals surface area contributed by atoms with Crippen LogP contribution in [0.2, 0.25) is 0 Å². The number of aromatic amines is 1. The third kappa shape index (κ3) is 6.00. The largest absolute Gasteiger partial charge is 0.508 e. The molecule has 0 spiro atoms. The summed E-state index contributed by atoms with van der Waals surface area (Å²) < 4.78 is 5.27. The minimum atomic E-state index is -0.252. The van der Waals surface area contributed by atoms with Gasteiger partial charge in [-0.3, -0.25) is 9.59 Å². The number of benzene rings is 3. The number of phenols is 1. The number of carbonyl (C=O) groups is 2. The summed E-state index contributed by atoms with van der Waals surface area (Å²) in [6.45, 7) is 0.900. The highest BCUT2D eigenvalue weighted by Gasteiger charge is 2.14. The quantitative estimate of drug-likeness (QED) is 0.257. The number of hydrogen-bond donors (Lipinski definition) is 4. The average molecular weight is 472 g/mol. The molecular weight excluding hydrogens is 442 g/mol. The first-order valence-corrected chi connectivity index (χ1v) is 11.6. The highest BCUT2D eigenvalue weighted by Crippen LogP contribution is 2.32. The van der Waals surface area contributed by atoms with Gasteiger partial charge in [0.05, 0.1) is 7.11 Å². The minimum Gasteiger partial charge on any atom is -0.508 e. The van der Waals surface area contributed by atoms with Crippen molar-refractivity contribution in [2.24, 2.45) is 0 Å². The lowest BCUT2D eigenvalue weighted by Gasteiger charge is -2.09. The van der Waals surface area contributed by atoms with Crippen LogP contribution in [0.5, 0.6) is 11.5 Å². The number of H-pyrrole nitrogens is 1. The maximum Gasteiger partial charge on any atom is 0.251 e. The number of nitrogens with one attached hydrogen (secondary N) is 3. The Bertz CT molecular complexity index is 1310.